The van der Waals surface area contributed by atoms with Crippen molar-refractivity contribution < 1.29 is 14.1 Å². The summed E-state index contributed by atoms with van der Waals surface area (Å²) in [5.41, 5.74) is 16.8. The van der Waals surface area contributed by atoms with Crippen molar-refractivity contribution in [2.75, 3.05) is 0 Å². The highest BCUT2D eigenvalue weighted by Gasteiger charge is 2.30. The standard InChI is InChI=1S/C9H11BFN5O2/c11-4-1-6-5(3-18-10(6)17)7(2-4)15-9(14)16-8(12)13/h1-2,17H,3H2,(H6,12,13,14,15,16). The van der Waals surface area contributed by atoms with Gasteiger partial charge in [0.25, 0.3) is 0 Å². The van der Waals surface area contributed by atoms with E-state index in [-0.39, 0.29) is 24.2 Å². The summed E-state index contributed by atoms with van der Waals surface area (Å²) in [7, 11) is -1.16. The quantitative estimate of drug-likeness (QED) is 0.267. The Kier molecular flexibility index (Phi) is 3.17. The van der Waals surface area contributed by atoms with Crippen LogP contribution in [-0.2, 0) is 11.3 Å². The Morgan fingerprint density at radius 1 is 1.39 bits per heavy atom. The van der Waals surface area contributed by atoms with Crippen LogP contribution in [0, 0.1) is 5.82 Å². The van der Waals surface area contributed by atoms with E-state index < -0.39 is 12.9 Å². The number of hydrogen-bond donors (Lipinski definition) is 4. The molecule has 18 heavy (non-hydrogen) atoms. The third-order valence-electron chi connectivity index (χ3n) is 2.36. The molecule has 2 rings (SSSR count). The van der Waals surface area contributed by atoms with Crippen LogP contribution < -0.4 is 22.7 Å². The fraction of sp³-hybridized carbons (Fsp3) is 0.111. The van der Waals surface area contributed by atoms with Crippen LogP contribution >= 0.6 is 0 Å². The van der Waals surface area contributed by atoms with Crippen LogP contribution in [0.15, 0.2) is 22.1 Å². The van der Waals surface area contributed by atoms with Crippen LogP contribution in [0.5, 0.6) is 0 Å². The minimum atomic E-state index is -1.16. The zero-order valence-corrected chi connectivity index (χ0v) is 9.30. The van der Waals surface area contributed by atoms with Gasteiger partial charge in [-0.05, 0) is 17.6 Å². The van der Waals surface area contributed by atoms with E-state index in [0.29, 0.717) is 11.0 Å². The molecule has 1 aromatic carbocycles. The molecular formula is C9H11BFN5O2. The molecule has 7 N–H and O–H groups in total. The number of aliphatic imine (C=N–C) groups is 2. The van der Waals surface area contributed by atoms with Crippen molar-refractivity contribution in [2.24, 2.45) is 27.2 Å². The lowest BCUT2D eigenvalue weighted by Crippen LogP contribution is -2.28. The maximum absolute atomic E-state index is 13.3. The van der Waals surface area contributed by atoms with Gasteiger partial charge in [-0.1, -0.05) is 0 Å². The monoisotopic (exact) mass is 251 g/mol. The molecule has 1 heterocycles. The van der Waals surface area contributed by atoms with Crippen molar-refractivity contribution >= 4 is 30.2 Å². The maximum Gasteiger partial charge on any atom is 0.491 e. The molecule has 0 saturated heterocycles. The van der Waals surface area contributed by atoms with Crippen LogP contribution in [0.4, 0.5) is 10.1 Å². The molecule has 0 unspecified atom stereocenters. The fourth-order valence-electron chi connectivity index (χ4n) is 1.65. The van der Waals surface area contributed by atoms with Gasteiger partial charge in [-0.25, -0.2) is 9.38 Å². The summed E-state index contributed by atoms with van der Waals surface area (Å²) in [6.07, 6.45) is 0. The molecule has 7 nitrogen and oxygen atoms in total. The highest BCUT2D eigenvalue weighted by atomic mass is 19.1. The molecule has 9 heteroatoms. The minimum absolute atomic E-state index is 0.116. The van der Waals surface area contributed by atoms with Crippen molar-refractivity contribution in [1.29, 1.82) is 0 Å². The Morgan fingerprint density at radius 2 is 2.11 bits per heavy atom. The van der Waals surface area contributed by atoms with Crippen LogP contribution in [0.1, 0.15) is 5.56 Å². The lowest BCUT2D eigenvalue weighted by molar-refractivity contribution is 0.275. The zero-order chi connectivity index (χ0) is 13.3. The Bertz CT molecular complexity index is 544. The minimum Gasteiger partial charge on any atom is -0.423 e. The number of guanidine groups is 2. The molecular weight excluding hydrogens is 240 g/mol. The van der Waals surface area contributed by atoms with E-state index in [2.05, 4.69) is 9.98 Å². The van der Waals surface area contributed by atoms with Crippen molar-refractivity contribution in [2.45, 2.75) is 6.61 Å². The second kappa shape index (κ2) is 4.63. The van der Waals surface area contributed by atoms with E-state index in [1.165, 1.54) is 6.07 Å². The molecule has 0 radical (unpaired) electrons. The van der Waals surface area contributed by atoms with E-state index in [1.54, 1.807) is 0 Å². The van der Waals surface area contributed by atoms with Crippen molar-refractivity contribution in [3.8, 4) is 0 Å². The second-order valence-corrected chi connectivity index (χ2v) is 3.66. The van der Waals surface area contributed by atoms with Gasteiger partial charge in [0.15, 0.2) is 5.96 Å². The normalized spacial score (nSPS) is 14.6. The van der Waals surface area contributed by atoms with Gasteiger partial charge in [-0.3, -0.25) is 0 Å². The largest absolute Gasteiger partial charge is 0.491 e. The van der Waals surface area contributed by atoms with Crippen molar-refractivity contribution in [3.63, 3.8) is 0 Å². The fourth-order valence-corrected chi connectivity index (χ4v) is 1.65. The molecule has 0 atom stereocenters. The van der Waals surface area contributed by atoms with Crippen molar-refractivity contribution in [1.82, 2.24) is 0 Å². The molecule has 1 aliphatic rings. The van der Waals surface area contributed by atoms with Gasteiger partial charge in [0, 0.05) is 5.56 Å². The lowest BCUT2D eigenvalue weighted by atomic mass is 9.79. The summed E-state index contributed by atoms with van der Waals surface area (Å²) in [6, 6.07) is 2.35. The number of hydrogen-bond acceptors (Lipinski definition) is 3. The molecule has 0 saturated carbocycles. The van der Waals surface area contributed by atoms with Crippen LogP contribution in [0.25, 0.3) is 0 Å². The van der Waals surface area contributed by atoms with Gasteiger partial charge in [0.1, 0.15) is 5.82 Å². The van der Waals surface area contributed by atoms with Crippen LogP contribution in [0.2, 0.25) is 0 Å². The first-order valence-corrected chi connectivity index (χ1v) is 5.03. The molecule has 1 aromatic rings. The Morgan fingerprint density at radius 3 is 2.78 bits per heavy atom. The average molecular weight is 251 g/mol. The van der Waals surface area contributed by atoms with Gasteiger partial charge in [-0.2, -0.15) is 4.99 Å². The first kappa shape index (κ1) is 12.3. The number of nitrogens with zero attached hydrogens (tertiary/aromatic N) is 2. The zero-order valence-electron chi connectivity index (χ0n) is 9.30. The number of fused-ring (bicyclic) bond motifs is 1. The third kappa shape index (κ3) is 2.41. The third-order valence-corrected chi connectivity index (χ3v) is 2.36. The van der Waals surface area contributed by atoms with E-state index in [1.807, 2.05) is 0 Å². The average Bonchev–Trinajstić information content (AvgIpc) is 2.59. The lowest BCUT2D eigenvalue weighted by Gasteiger charge is -2.03. The van der Waals surface area contributed by atoms with Crippen LogP contribution in [-0.4, -0.2) is 24.1 Å². The van der Waals surface area contributed by atoms with Crippen LogP contribution in [0.3, 0.4) is 0 Å². The summed E-state index contributed by atoms with van der Waals surface area (Å²) in [5, 5.41) is 9.47. The predicted octanol–water partition coefficient (Wildman–Crippen LogP) is -1.74. The highest BCUT2D eigenvalue weighted by Crippen LogP contribution is 2.24. The SMILES string of the molecule is NC(N)=NC(N)=Nc1cc(F)cc2c1COB2O. The van der Waals surface area contributed by atoms with Gasteiger partial charge in [0.05, 0.1) is 12.3 Å². The van der Waals surface area contributed by atoms with Gasteiger partial charge < -0.3 is 26.9 Å². The summed E-state index contributed by atoms with van der Waals surface area (Å²) in [5.74, 6) is -1.01. The molecule has 0 amide bonds. The molecule has 1 aliphatic heterocycles. The van der Waals surface area contributed by atoms with E-state index in [9.17, 15) is 9.41 Å². The maximum atomic E-state index is 13.3. The number of nitrogens with two attached hydrogens (primary N) is 3. The summed E-state index contributed by atoms with van der Waals surface area (Å²) >= 11 is 0. The van der Waals surface area contributed by atoms with Gasteiger partial charge in [-0.15, -0.1) is 0 Å². The first-order chi connectivity index (χ1) is 8.47. The van der Waals surface area contributed by atoms with Gasteiger partial charge >= 0.3 is 7.12 Å². The van der Waals surface area contributed by atoms with Gasteiger partial charge in [0.2, 0.25) is 5.96 Å². The molecule has 0 fully saturated rings. The van der Waals surface area contributed by atoms with E-state index >= 15 is 0 Å². The summed E-state index contributed by atoms with van der Waals surface area (Å²) in [4.78, 5) is 7.40. The number of halogens is 1. The summed E-state index contributed by atoms with van der Waals surface area (Å²) in [6.45, 7) is 0.116. The molecule has 0 aromatic heterocycles. The van der Waals surface area contributed by atoms with Crippen molar-refractivity contribution in [3.05, 3.63) is 23.5 Å². The number of rotatable bonds is 1. The molecule has 0 aliphatic carbocycles. The first-order valence-electron chi connectivity index (χ1n) is 5.03. The Balaban J connectivity index is 2.47. The van der Waals surface area contributed by atoms with E-state index in [4.69, 9.17) is 21.9 Å². The topological polar surface area (TPSA) is 132 Å². The predicted molar refractivity (Wildman–Crippen MR) is 65.9 cm³/mol. The summed E-state index contributed by atoms with van der Waals surface area (Å²) < 4.78 is 18.3. The second-order valence-electron chi connectivity index (χ2n) is 3.66. The molecule has 94 valence electrons. The Hall–Kier alpha value is -2.13. The molecule has 0 spiro atoms. The Labute approximate surface area is 102 Å². The smallest absolute Gasteiger partial charge is 0.423 e. The van der Waals surface area contributed by atoms with E-state index in [0.717, 1.165) is 6.07 Å². The number of benzene rings is 1. The highest BCUT2D eigenvalue weighted by molar-refractivity contribution is 6.61. The molecule has 0 bridgehead atoms.